The van der Waals surface area contributed by atoms with Crippen molar-refractivity contribution in [2.75, 3.05) is 0 Å². The predicted molar refractivity (Wildman–Crippen MR) is 125 cm³/mol. The topological polar surface area (TPSA) is 49.8 Å². The molecule has 0 atom stereocenters. The van der Waals surface area contributed by atoms with Crippen LogP contribution in [0.25, 0.3) is 55.1 Å². The molecular weight excluding hydrogens is 380 g/mol. The van der Waals surface area contributed by atoms with E-state index in [0.29, 0.717) is 5.56 Å². The van der Waals surface area contributed by atoms with Gasteiger partial charge in [-0.25, -0.2) is 0 Å². The summed E-state index contributed by atoms with van der Waals surface area (Å²) in [7, 11) is 0. The fraction of sp³-hybridized carbons (Fsp3) is 0. The van der Waals surface area contributed by atoms with Crippen molar-refractivity contribution in [3.63, 3.8) is 0 Å². The van der Waals surface area contributed by atoms with Gasteiger partial charge < -0.3 is 4.42 Å². The first-order chi connectivity index (χ1) is 15.3. The summed E-state index contributed by atoms with van der Waals surface area (Å²) >= 11 is 0. The first-order valence-corrected chi connectivity index (χ1v) is 10.1. The average molecular weight is 396 g/mol. The third-order valence-corrected chi connectivity index (χ3v) is 5.76. The van der Waals surface area contributed by atoms with Gasteiger partial charge in [0.2, 0.25) is 0 Å². The zero-order valence-electron chi connectivity index (χ0n) is 16.5. The van der Waals surface area contributed by atoms with Crippen LogP contribution in [0.15, 0.2) is 102 Å². The van der Waals surface area contributed by atoms with Gasteiger partial charge in [-0.15, -0.1) is 0 Å². The van der Waals surface area contributed by atoms with Crippen molar-refractivity contribution in [3.05, 3.63) is 103 Å². The van der Waals surface area contributed by atoms with Crippen molar-refractivity contribution in [2.45, 2.75) is 0 Å². The van der Waals surface area contributed by atoms with E-state index in [2.05, 4.69) is 71.7 Å². The van der Waals surface area contributed by atoms with E-state index in [4.69, 9.17) is 9.68 Å². The number of nitrogens with zero attached hydrogens (tertiary/aromatic N) is 2. The monoisotopic (exact) mass is 396 g/mol. The summed E-state index contributed by atoms with van der Waals surface area (Å²) in [4.78, 5) is 4.39. The molecule has 2 aromatic heterocycles. The molecule has 0 aliphatic rings. The van der Waals surface area contributed by atoms with E-state index in [1.807, 2.05) is 24.3 Å². The minimum absolute atomic E-state index is 0.610. The molecule has 144 valence electrons. The quantitative estimate of drug-likeness (QED) is 0.308. The zero-order chi connectivity index (χ0) is 20.8. The number of pyridine rings is 1. The van der Waals surface area contributed by atoms with E-state index in [0.717, 1.165) is 44.3 Å². The largest absolute Gasteiger partial charge is 0.456 e. The Balaban J connectivity index is 1.48. The van der Waals surface area contributed by atoms with Crippen LogP contribution >= 0.6 is 0 Å². The van der Waals surface area contributed by atoms with E-state index >= 15 is 0 Å². The van der Waals surface area contributed by atoms with Gasteiger partial charge in [0, 0.05) is 22.5 Å². The molecular formula is C28H16N2O. The Labute approximate surface area is 178 Å². The lowest BCUT2D eigenvalue weighted by Crippen LogP contribution is -1.85. The van der Waals surface area contributed by atoms with E-state index < -0.39 is 0 Å². The van der Waals surface area contributed by atoms with Crippen LogP contribution in [0.1, 0.15) is 5.56 Å². The Kier molecular flexibility index (Phi) is 3.84. The molecule has 31 heavy (non-hydrogen) atoms. The van der Waals surface area contributed by atoms with Crippen molar-refractivity contribution in [1.82, 2.24) is 4.98 Å². The SMILES string of the molecule is N#Cc1ccnc(-c2ccc(-c3ccc4oc5ccc6ccccc6c5c4c3)cc2)c1. The molecule has 4 aromatic carbocycles. The van der Waals surface area contributed by atoms with Crippen molar-refractivity contribution in [3.8, 4) is 28.5 Å². The Morgan fingerprint density at radius 2 is 1.45 bits per heavy atom. The maximum absolute atomic E-state index is 9.13. The molecule has 6 rings (SSSR count). The van der Waals surface area contributed by atoms with Gasteiger partial charge in [-0.3, -0.25) is 4.98 Å². The summed E-state index contributed by atoms with van der Waals surface area (Å²) in [6.07, 6.45) is 1.67. The fourth-order valence-electron chi connectivity index (χ4n) is 4.22. The molecule has 0 N–H and O–H groups in total. The molecule has 0 unspecified atom stereocenters. The Morgan fingerprint density at radius 1 is 0.677 bits per heavy atom. The summed E-state index contributed by atoms with van der Waals surface area (Å²) < 4.78 is 6.12. The van der Waals surface area contributed by atoms with Crippen LogP contribution in [0.3, 0.4) is 0 Å². The zero-order valence-corrected chi connectivity index (χ0v) is 16.5. The number of fused-ring (bicyclic) bond motifs is 5. The van der Waals surface area contributed by atoms with Crippen molar-refractivity contribution in [2.24, 2.45) is 0 Å². The van der Waals surface area contributed by atoms with Crippen molar-refractivity contribution in [1.29, 1.82) is 5.26 Å². The highest BCUT2D eigenvalue weighted by molar-refractivity contribution is 6.19. The first-order valence-electron chi connectivity index (χ1n) is 10.1. The lowest BCUT2D eigenvalue weighted by molar-refractivity contribution is 0.669. The minimum Gasteiger partial charge on any atom is -0.456 e. The van der Waals surface area contributed by atoms with Gasteiger partial charge in [-0.1, -0.05) is 60.7 Å². The van der Waals surface area contributed by atoms with Gasteiger partial charge in [0.25, 0.3) is 0 Å². The predicted octanol–water partition coefficient (Wildman–Crippen LogP) is 7.34. The van der Waals surface area contributed by atoms with Gasteiger partial charge in [-0.05, 0) is 52.2 Å². The molecule has 0 amide bonds. The van der Waals surface area contributed by atoms with E-state index in [-0.39, 0.29) is 0 Å². The molecule has 2 heterocycles. The summed E-state index contributed by atoms with van der Waals surface area (Å²) in [6, 6.07) is 32.9. The van der Waals surface area contributed by atoms with Gasteiger partial charge in [-0.2, -0.15) is 5.26 Å². The second-order valence-electron chi connectivity index (χ2n) is 7.59. The van der Waals surface area contributed by atoms with E-state index in [9.17, 15) is 0 Å². The van der Waals surface area contributed by atoms with Crippen LogP contribution < -0.4 is 0 Å². The van der Waals surface area contributed by atoms with Crippen LogP contribution in [0.5, 0.6) is 0 Å². The number of rotatable bonds is 2. The van der Waals surface area contributed by atoms with Crippen LogP contribution in [0.2, 0.25) is 0 Å². The third-order valence-electron chi connectivity index (χ3n) is 5.76. The molecule has 0 fully saturated rings. The highest BCUT2D eigenvalue weighted by Gasteiger charge is 2.12. The maximum Gasteiger partial charge on any atom is 0.136 e. The molecule has 0 bridgehead atoms. The van der Waals surface area contributed by atoms with Gasteiger partial charge in [0.15, 0.2) is 0 Å². The van der Waals surface area contributed by atoms with Crippen LogP contribution in [0.4, 0.5) is 0 Å². The highest BCUT2D eigenvalue weighted by atomic mass is 16.3. The molecule has 3 nitrogen and oxygen atoms in total. The maximum atomic E-state index is 9.13. The van der Waals surface area contributed by atoms with Gasteiger partial charge >= 0.3 is 0 Å². The minimum atomic E-state index is 0.610. The fourth-order valence-corrected chi connectivity index (χ4v) is 4.22. The number of hydrogen-bond donors (Lipinski definition) is 0. The molecule has 6 aromatic rings. The third kappa shape index (κ3) is 2.86. The van der Waals surface area contributed by atoms with Crippen molar-refractivity contribution >= 4 is 32.7 Å². The second-order valence-corrected chi connectivity index (χ2v) is 7.59. The molecule has 3 heteroatoms. The average Bonchev–Trinajstić information content (AvgIpc) is 3.22. The van der Waals surface area contributed by atoms with Gasteiger partial charge in [0.1, 0.15) is 11.2 Å². The standard InChI is InChI=1S/C28H16N2O/c29-17-18-13-14-30-25(15-18)21-7-5-19(6-8-21)22-10-11-26-24(16-22)28-23-4-2-1-3-20(23)9-12-27(28)31-26/h1-16H. The van der Waals surface area contributed by atoms with E-state index in [1.54, 1.807) is 12.3 Å². The van der Waals surface area contributed by atoms with Crippen LogP contribution in [-0.4, -0.2) is 4.98 Å². The molecule has 0 aliphatic carbocycles. The molecule has 0 saturated heterocycles. The lowest BCUT2D eigenvalue weighted by Gasteiger charge is -2.05. The highest BCUT2D eigenvalue weighted by Crippen LogP contribution is 2.37. The lowest BCUT2D eigenvalue weighted by atomic mass is 9.99. The smallest absolute Gasteiger partial charge is 0.136 e. The summed E-state index contributed by atoms with van der Waals surface area (Å²) in [5.74, 6) is 0. The molecule has 0 aliphatic heterocycles. The number of hydrogen-bond acceptors (Lipinski definition) is 3. The molecule has 0 spiro atoms. The number of furan rings is 1. The number of aromatic nitrogens is 1. The Bertz CT molecular complexity index is 1640. The van der Waals surface area contributed by atoms with Crippen molar-refractivity contribution < 1.29 is 4.42 Å². The van der Waals surface area contributed by atoms with Gasteiger partial charge in [0.05, 0.1) is 17.3 Å². The normalized spacial score (nSPS) is 11.2. The second kappa shape index (κ2) is 6.83. The van der Waals surface area contributed by atoms with Crippen LogP contribution in [-0.2, 0) is 0 Å². The molecule has 0 saturated carbocycles. The first kappa shape index (κ1) is 17.4. The van der Waals surface area contributed by atoms with E-state index in [1.165, 1.54) is 10.8 Å². The number of benzene rings is 4. The Morgan fingerprint density at radius 3 is 2.32 bits per heavy atom. The summed E-state index contributed by atoms with van der Waals surface area (Å²) in [5.41, 5.74) is 6.45. The number of nitriles is 1. The summed E-state index contributed by atoms with van der Waals surface area (Å²) in [5, 5.41) is 13.8. The summed E-state index contributed by atoms with van der Waals surface area (Å²) in [6.45, 7) is 0. The van der Waals surface area contributed by atoms with Crippen LogP contribution in [0, 0.1) is 11.3 Å². The Hall–Kier alpha value is -4.42. The molecule has 0 radical (unpaired) electrons.